The number of ether oxygens (including phenoxy) is 2. The minimum atomic E-state index is -0.194. The second-order valence-electron chi connectivity index (χ2n) is 5.33. The summed E-state index contributed by atoms with van der Waals surface area (Å²) in [4.78, 5) is 12.4. The lowest BCUT2D eigenvalue weighted by atomic mass is 9.70. The summed E-state index contributed by atoms with van der Waals surface area (Å²) in [5.74, 6) is 0.476. The zero-order valence-corrected chi connectivity index (χ0v) is 11.0. The molecular weight excluding hydrogens is 216 g/mol. The molecular formula is C14H24O3. The van der Waals surface area contributed by atoms with Gasteiger partial charge in [-0.05, 0) is 45.4 Å². The predicted molar refractivity (Wildman–Crippen MR) is 66.0 cm³/mol. The first-order chi connectivity index (χ1) is 8.21. The van der Waals surface area contributed by atoms with E-state index in [1.54, 1.807) is 0 Å². The molecule has 1 aliphatic carbocycles. The lowest BCUT2D eigenvalue weighted by Crippen LogP contribution is -2.48. The molecule has 1 saturated carbocycles. The normalized spacial score (nSPS) is 28.7. The number of hydrogen-bond acceptors (Lipinski definition) is 3. The van der Waals surface area contributed by atoms with Crippen LogP contribution in [-0.4, -0.2) is 30.7 Å². The highest BCUT2D eigenvalue weighted by molar-refractivity contribution is 5.85. The third-order valence-corrected chi connectivity index (χ3v) is 4.22. The Kier molecular flexibility index (Phi) is 4.21. The largest absolute Gasteiger partial charge is 0.375 e. The number of Topliss-reactive ketones (excluding diaryl/α,β-unsaturated/α-hetero) is 1. The first kappa shape index (κ1) is 13.0. The molecule has 2 rings (SSSR count). The predicted octanol–water partition coefficient (Wildman–Crippen LogP) is 2.72. The maximum absolute atomic E-state index is 12.4. The second-order valence-corrected chi connectivity index (χ2v) is 5.33. The van der Waals surface area contributed by atoms with E-state index in [1.807, 2.05) is 13.8 Å². The highest BCUT2D eigenvalue weighted by atomic mass is 16.5. The van der Waals surface area contributed by atoms with Gasteiger partial charge in [0.15, 0.2) is 5.78 Å². The standard InChI is InChI=1S/C14H24O3/c1-3-12(16-4-2)13(15)11-6-9-17-14(10-11)7-5-8-14/h11-12H,3-10H2,1-2H3. The Labute approximate surface area is 104 Å². The molecule has 2 unspecified atom stereocenters. The lowest BCUT2D eigenvalue weighted by Gasteiger charge is -2.47. The van der Waals surface area contributed by atoms with Crippen molar-refractivity contribution in [1.29, 1.82) is 0 Å². The van der Waals surface area contributed by atoms with Gasteiger partial charge in [0, 0.05) is 19.1 Å². The van der Waals surface area contributed by atoms with E-state index in [0.717, 1.165) is 38.7 Å². The second kappa shape index (κ2) is 5.49. The van der Waals surface area contributed by atoms with Crippen molar-refractivity contribution in [1.82, 2.24) is 0 Å². The van der Waals surface area contributed by atoms with Crippen molar-refractivity contribution in [2.75, 3.05) is 13.2 Å². The number of ketones is 1. The molecule has 0 radical (unpaired) electrons. The molecule has 0 amide bonds. The van der Waals surface area contributed by atoms with Gasteiger partial charge in [-0.15, -0.1) is 0 Å². The number of rotatable bonds is 5. The zero-order valence-electron chi connectivity index (χ0n) is 11.0. The van der Waals surface area contributed by atoms with Gasteiger partial charge in [-0.2, -0.15) is 0 Å². The van der Waals surface area contributed by atoms with Crippen molar-refractivity contribution >= 4 is 5.78 Å². The molecule has 98 valence electrons. The molecule has 1 aliphatic heterocycles. The molecule has 0 aromatic rings. The molecule has 2 fully saturated rings. The van der Waals surface area contributed by atoms with Crippen LogP contribution in [0.3, 0.4) is 0 Å². The summed E-state index contributed by atoms with van der Waals surface area (Å²) in [6, 6.07) is 0. The van der Waals surface area contributed by atoms with E-state index in [4.69, 9.17) is 9.47 Å². The van der Waals surface area contributed by atoms with E-state index in [9.17, 15) is 4.79 Å². The van der Waals surface area contributed by atoms with Gasteiger partial charge >= 0.3 is 0 Å². The third-order valence-electron chi connectivity index (χ3n) is 4.22. The highest BCUT2D eigenvalue weighted by Gasteiger charge is 2.45. The van der Waals surface area contributed by atoms with Crippen LogP contribution in [-0.2, 0) is 14.3 Å². The van der Waals surface area contributed by atoms with Crippen LogP contribution in [0.5, 0.6) is 0 Å². The van der Waals surface area contributed by atoms with Crippen LogP contribution in [0, 0.1) is 5.92 Å². The molecule has 17 heavy (non-hydrogen) atoms. The Morgan fingerprint density at radius 2 is 2.24 bits per heavy atom. The summed E-state index contributed by atoms with van der Waals surface area (Å²) in [7, 11) is 0. The Hall–Kier alpha value is -0.410. The maximum Gasteiger partial charge on any atom is 0.164 e. The average Bonchev–Trinajstić information content (AvgIpc) is 2.33. The Balaban J connectivity index is 1.93. The van der Waals surface area contributed by atoms with E-state index in [0.29, 0.717) is 12.4 Å². The first-order valence-electron chi connectivity index (χ1n) is 7.00. The molecule has 0 aromatic heterocycles. The average molecular weight is 240 g/mol. The molecule has 2 aliphatic rings. The lowest BCUT2D eigenvalue weighted by molar-refractivity contribution is -0.162. The van der Waals surface area contributed by atoms with Crippen LogP contribution in [0.1, 0.15) is 52.4 Å². The van der Waals surface area contributed by atoms with Gasteiger partial charge in [-0.3, -0.25) is 4.79 Å². The Morgan fingerprint density at radius 3 is 2.76 bits per heavy atom. The van der Waals surface area contributed by atoms with Crippen LogP contribution < -0.4 is 0 Å². The van der Waals surface area contributed by atoms with Gasteiger partial charge in [-0.1, -0.05) is 6.92 Å². The summed E-state index contributed by atoms with van der Waals surface area (Å²) in [5, 5.41) is 0. The van der Waals surface area contributed by atoms with Gasteiger partial charge in [-0.25, -0.2) is 0 Å². The molecule has 3 nitrogen and oxygen atoms in total. The number of hydrogen-bond donors (Lipinski definition) is 0. The SMILES string of the molecule is CCOC(CC)C(=O)C1CCOC2(CCC2)C1. The van der Waals surface area contributed by atoms with Crippen LogP contribution in [0.15, 0.2) is 0 Å². The van der Waals surface area contributed by atoms with Crippen molar-refractivity contribution in [3.05, 3.63) is 0 Å². The van der Waals surface area contributed by atoms with Crippen LogP contribution in [0.25, 0.3) is 0 Å². The molecule has 2 atom stereocenters. The molecule has 1 heterocycles. The molecule has 0 bridgehead atoms. The van der Waals surface area contributed by atoms with Crippen molar-refractivity contribution in [2.45, 2.75) is 64.1 Å². The summed E-state index contributed by atoms with van der Waals surface area (Å²) < 4.78 is 11.4. The van der Waals surface area contributed by atoms with Crippen molar-refractivity contribution in [2.24, 2.45) is 5.92 Å². The molecule has 1 saturated heterocycles. The van der Waals surface area contributed by atoms with Gasteiger partial charge in [0.05, 0.1) is 5.60 Å². The third kappa shape index (κ3) is 2.71. The van der Waals surface area contributed by atoms with Crippen LogP contribution in [0.2, 0.25) is 0 Å². The fourth-order valence-corrected chi connectivity index (χ4v) is 3.06. The number of carbonyl (C=O) groups excluding carboxylic acids is 1. The fraction of sp³-hybridized carbons (Fsp3) is 0.929. The quantitative estimate of drug-likeness (QED) is 0.741. The van der Waals surface area contributed by atoms with E-state index in [-0.39, 0.29) is 17.6 Å². The Morgan fingerprint density at radius 1 is 1.47 bits per heavy atom. The Bertz CT molecular complexity index is 271. The van der Waals surface area contributed by atoms with Crippen LogP contribution >= 0.6 is 0 Å². The topological polar surface area (TPSA) is 35.5 Å². The van der Waals surface area contributed by atoms with Crippen molar-refractivity contribution < 1.29 is 14.3 Å². The summed E-state index contributed by atoms with van der Waals surface area (Å²) in [6.45, 7) is 5.35. The van der Waals surface area contributed by atoms with Gasteiger partial charge in [0.2, 0.25) is 0 Å². The summed E-state index contributed by atoms with van der Waals surface area (Å²) >= 11 is 0. The van der Waals surface area contributed by atoms with Gasteiger partial charge < -0.3 is 9.47 Å². The van der Waals surface area contributed by atoms with Gasteiger partial charge in [0.1, 0.15) is 6.10 Å². The fourth-order valence-electron chi connectivity index (χ4n) is 3.06. The van der Waals surface area contributed by atoms with Gasteiger partial charge in [0.25, 0.3) is 0 Å². The molecule has 1 spiro atoms. The first-order valence-corrected chi connectivity index (χ1v) is 7.00. The molecule has 3 heteroatoms. The minimum absolute atomic E-state index is 0.0586. The van der Waals surface area contributed by atoms with E-state index < -0.39 is 0 Å². The summed E-state index contributed by atoms with van der Waals surface area (Å²) in [5.41, 5.74) is 0.0586. The van der Waals surface area contributed by atoms with E-state index in [1.165, 1.54) is 6.42 Å². The smallest absolute Gasteiger partial charge is 0.164 e. The van der Waals surface area contributed by atoms with E-state index in [2.05, 4.69) is 0 Å². The highest BCUT2D eigenvalue weighted by Crippen LogP contribution is 2.44. The zero-order chi connectivity index (χ0) is 12.3. The van der Waals surface area contributed by atoms with E-state index >= 15 is 0 Å². The minimum Gasteiger partial charge on any atom is -0.375 e. The van der Waals surface area contributed by atoms with Crippen molar-refractivity contribution in [3.8, 4) is 0 Å². The molecule has 0 N–H and O–H groups in total. The number of carbonyl (C=O) groups is 1. The van der Waals surface area contributed by atoms with Crippen molar-refractivity contribution in [3.63, 3.8) is 0 Å². The summed E-state index contributed by atoms with van der Waals surface area (Å²) in [6.07, 6.45) is 5.94. The maximum atomic E-state index is 12.4. The van der Waals surface area contributed by atoms with Crippen LogP contribution in [0.4, 0.5) is 0 Å². The molecule has 0 aromatic carbocycles. The monoisotopic (exact) mass is 240 g/mol.